The highest BCUT2D eigenvalue weighted by atomic mass is 16.6. The number of carbonyl (C=O) groups is 3. The van der Waals surface area contributed by atoms with Crippen LogP contribution in [0.25, 0.3) is 22.4 Å². The SMILES string of the molecule is COc1ccccc1[C@@H](NC(=O)OC(C)(C)C)C(=O)N1CCOC[C@H]1C(=O)Nc1ccc(-c2cn(C)nc2-c2cc(C#N)ccc2O)cc1. The van der Waals surface area contributed by atoms with Gasteiger partial charge in [0.15, 0.2) is 0 Å². The van der Waals surface area contributed by atoms with Gasteiger partial charge in [-0.1, -0.05) is 30.3 Å². The molecule has 0 unspecified atom stereocenters. The van der Waals surface area contributed by atoms with Crippen LogP contribution in [0.5, 0.6) is 11.5 Å². The molecule has 13 nitrogen and oxygen atoms in total. The van der Waals surface area contributed by atoms with Gasteiger partial charge in [0, 0.05) is 42.2 Å². The molecule has 2 atom stereocenters. The number of anilines is 1. The molecule has 0 spiro atoms. The van der Waals surface area contributed by atoms with Crippen molar-refractivity contribution in [2.45, 2.75) is 38.5 Å². The molecule has 3 N–H and O–H groups in total. The Balaban J connectivity index is 1.37. The molecule has 1 aromatic heterocycles. The van der Waals surface area contributed by atoms with Crippen molar-refractivity contribution < 1.29 is 33.7 Å². The molecular formula is C36H38N6O7. The zero-order valence-electron chi connectivity index (χ0n) is 27.9. The van der Waals surface area contributed by atoms with E-state index in [0.29, 0.717) is 39.4 Å². The number of alkyl carbamates (subject to hydrolysis) is 1. The van der Waals surface area contributed by atoms with Gasteiger partial charge in [-0.15, -0.1) is 0 Å². The summed E-state index contributed by atoms with van der Waals surface area (Å²) < 4.78 is 18.2. The second-order valence-corrected chi connectivity index (χ2v) is 12.4. The van der Waals surface area contributed by atoms with Crippen molar-refractivity contribution in [3.05, 3.63) is 84.1 Å². The van der Waals surface area contributed by atoms with Crippen molar-refractivity contribution in [2.75, 3.05) is 32.2 Å². The number of ether oxygens (including phenoxy) is 3. The lowest BCUT2D eigenvalue weighted by Gasteiger charge is -2.37. The first-order valence-corrected chi connectivity index (χ1v) is 15.6. The normalized spacial score (nSPS) is 15.1. The van der Waals surface area contributed by atoms with Crippen LogP contribution in [0.2, 0.25) is 0 Å². The van der Waals surface area contributed by atoms with Crippen molar-refractivity contribution in [3.8, 4) is 40.0 Å². The van der Waals surface area contributed by atoms with Crippen molar-refractivity contribution in [2.24, 2.45) is 7.05 Å². The number of aryl methyl sites for hydroxylation is 1. The van der Waals surface area contributed by atoms with Crippen LogP contribution in [0.3, 0.4) is 0 Å². The summed E-state index contributed by atoms with van der Waals surface area (Å²) in [6.07, 6.45) is 1.00. The Kier molecular flexibility index (Phi) is 10.2. The summed E-state index contributed by atoms with van der Waals surface area (Å²) >= 11 is 0. The van der Waals surface area contributed by atoms with Gasteiger partial charge in [-0.05, 0) is 62.7 Å². The number of phenols is 1. The van der Waals surface area contributed by atoms with Gasteiger partial charge in [-0.2, -0.15) is 10.4 Å². The third-order valence-corrected chi connectivity index (χ3v) is 7.75. The first kappa shape index (κ1) is 34.5. The molecule has 3 aromatic carbocycles. The maximum Gasteiger partial charge on any atom is 0.408 e. The maximum absolute atomic E-state index is 14.2. The van der Waals surface area contributed by atoms with Crippen LogP contribution in [0.1, 0.15) is 37.9 Å². The fraction of sp³-hybridized carbons (Fsp3) is 0.306. The Morgan fingerprint density at radius 2 is 1.82 bits per heavy atom. The number of aromatic hydroxyl groups is 1. The number of nitriles is 1. The second kappa shape index (κ2) is 14.5. The lowest BCUT2D eigenvalue weighted by atomic mass is 9.99. The summed E-state index contributed by atoms with van der Waals surface area (Å²) in [5.41, 5.74) is 2.84. The van der Waals surface area contributed by atoms with Crippen molar-refractivity contribution in [1.29, 1.82) is 5.26 Å². The lowest BCUT2D eigenvalue weighted by molar-refractivity contribution is -0.148. The first-order chi connectivity index (χ1) is 23.4. The standard InChI is InChI=1S/C36H38N6O7/c1-36(2,3)49-35(46)39-32(25-8-6-7-9-30(25)47-5)34(45)42-16-17-48-21-28(42)33(44)38-24-13-11-23(12-14-24)27-20-41(4)40-31(27)26-18-22(19-37)10-15-29(26)43/h6-15,18,20,28,32,43H,16-17,21H2,1-5H3,(H,38,44)(H,39,46)/t28-,32+/m0/s1. The van der Waals surface area contributed by atoms with Gasteiger partial charge < -0.3 is 34.9 Å². The van der Waals surface area contributed by atoms with E-state index >= 15 is 0 Å². The number of carbonyl (C=O) groups excluding carboxylic acids is 3. The molecule has 5 rings (SSSR count). The number of amides is 3. The summed E-state index contributed by atoms with van der Waals surface area (Å²) in [6.45, 7) is 5.42. The molecule has 1 saturated heterocycles. The Bertz CT molecular complexity index is 1890. The fourth-order valence-corrected chi connectivity index (χ4v) is 5.51. The van der Waals surface area contributed by atoms with E-state index in [0.717, 1.165) is 5.56 Å². The smallest absolute Gasteiger partial charge is 0.408 e. The van der Waals surface area contributed by atoms with E-state index in [2.05, 4.69) is 21.8 Å². The fourth-order valence-electron chi connectivity index (χ4n) is 5.51. The van der Waals surface area contributed by atoms with E-state index in [1.165, 1.54) is 24.1 Å². The Hall–Kier alpha value is -5.87. The van der Waals surface area contributed by atoms with E-state index in [1.54, 1.807) is 93.3 Å². The number of methoxy groups -OCH3 is 1. The Morgan fingerprint density at radius 1 is 1.08 bits per heavy atom. The van der Waals surface area contributed by atoms with Gasteiger partial charge in [0.05, 0.1) is 32.0 Å². The zero-order chi connectivity index (χ0) is 35.3. The highest BCUT2D eigenvalue weighted by Gasteiger charge is 2.39. The number of aromatic nitrogens is 2. The van der Waals surface area contributed by atoms with Crippen LogP contribution in [0.15, 0.2) is 72.9 Å². The minimum absolute atomic E-state index is 0.00845. The maximum atomic E-state index is 14.2. The Morgan fingerprint density at radius 3 is 2.51 bits per heavy atom. The average Bonchev–Trinajstić information content (AvgIpc) is 3.47. The molecule has 1 fully saturated rings. The van der Waals surface area contributed by atoms with Gasteiger partial charge in [-0.25, -0.2) is 4.79 Å². The van der Waals surface area contributed by atoms with Crippen molar-refractivity contribution in [3.63, 3.8) is 0 Å². The van der Waals surface area contributed by atoms with Gasteiger partial charge in [0.25, 0.3) is 5.91 Å². The number of nitrogens with zero attached hydrogens (tertiary/aromatic N) is 4. The highest BCUT2D eigenvalue weighted by molar-refractivity contribution is 5.99. The predicted octanol–water partition coefficient (Wildman–Crippen LogP) is 4.77. The van der Waals surface area contributed by atoms with Gasteiger partial charge >= 0.3 is 6.09 Å². The van der Waals surface area contributed by atoms with Gasteiger partial charge in [0.1, 0.15) is 34.9 Å². The number of rotatable bonds is 8. The summed E-state index contributed by atoms with van der Waals surface area (Å²) in [6, 6.07) is 18.3. The zero-order valence-corrected chi connectivity index (χ0v) is 27.9. The van der Waals surface area contributed by atoms with Crippen LogP contribution >= 0.6 is 0 Å². The molecule has 2 heterocycles. The molecule has 4 aromatic rings. The Labute approximate surface area is 284 Å². The topological polar surface area (TPSA) is 168 Å². The molecule has 1 aliphatic rings. The molecule has 254 valence electrons. The van der Waals surface area contributed by atoms with Crippen LogP contribution in [0.4, 0.5) is 10.5 Å². The van der Waals surface area contributed by atoms with E-state index in [9.17, 15) is 24.8 Å². The molecule has 49 heavy (non-hydrogen) atoms. The molecule has 3 amide bonds. The largest absolute Gasteiger partial charge is 0.507 e. The number of hydrogen-bond acceptors (Lipinski definition) is 9. The molecular weight excluding hydrogens is 628 g/mol. The van der Waals surface area contributed by atoms with Crippen molar-refractivity contribution in [1.82, 2.24) is 20.0 Å². The van der Waals surface area contributed by atoms with Crippen LogP contribution in [-0.2, 0) is 26.1 Å². The van der Waals surface area contributed by atoms with Crippen molar-refractivity contribution >= 4 is 23.6 Å². The summed E-state index contributed by atoms with van der Waals surface area (Å²) in [5.74, 6) is -0.624. The number of morpholine rings is 1. The molecule has 1 aliphatic heterocycles. The number of benzene rings is 3. The lowest BCUT2D eigenvalue weighted by Crippen LogP contribution is -2.57. The van der Waals surface area contributed by atoms with E-state index in [-0.39, 0.29) is 25.5 Å². The van der Waals surface area contributed by atoms with Gasteiger partial charge in [-0.3, -0.25) is 14.3 Å². The number of nitrogens with one attached hydrogen (secondary N) is 2. The van der Waals surface area contributed by atoms with Crippen LogP contribution in [-0.4, -0.2) is 76.2 Å². The number of phenolic OH excluding ortho intramolecular Hbond substituents is 1. The third kappa shape index (κ3) is 7.99. The predicted molar refractivity (Wildman–Crippen MR) is 181 cm³/mol. The molecule has 13 heteroatoms. The quantitative estimate of drug-likeness (QED) is 0.240. The van der Waals surface area contributed by atoms with Crippen LogP contribution < -0.4 is 15.4 Å². The number of para-hydroxylation sites is 1. The molecule has 0 aliphatic carbocycles. The third-order valence-electron chi connectivity index (χ3n) is 7.75. The number of hydrogen-bond donors (Lipinski definition) is 3. The molecule has 0 radical (unpaired) electrons. The first-order valence-electron chi connectivity index (χ1n) is 15.6. The summed E-state index contributed by atoms with van der Waals surface area (Å²) in [5, 5.41) is 30.0. The minimum atomic E-state index is -1.21. The minimum Gasteiger partial charge on any atom is -0.507 e. The summed E-state index contributed by atoms with van der Waals surface area (Å²) in [4.78, 5) is 42.1. The average molecular weight is 667 g/mol. The monoisotopic (exact) mass is 666 g/mol. The van der Waals surface area contributed by atoms with E-state index in [1.807, 2.05) is 0 Å². The van der Waals surface area contributed by atoms with Crippen LogP contribution in [0, 0.1) is 11.3 Å². The second-order valence-electron chi connectivity index (χ2n) is 12.4. The molecule has 0 saturated carbocycles. The summed E-state index contributed by atoms with van der Waals surface area (Å²) in [7, 11) is 3.23. The van der Waals surface area contributed by atoms with E-state index in [4.69, 9.17) is 14.2 Å². The van der Waals surface area contributed by atoms with Gasteiger partial charge in [0.2, 0.25) is 5.91 Å². The highest BCUT2D eigenvalue weighted by Crippen LogP contribution is 2.37. The van der Waals surface area contributed by atoms with E-state index < -0.39 is 35.6 Å². The molecule has 0 bridgehead atoms.